The number of carbonyl (C=O) groups is 2. The molecule has 0 aliphatic carbocycles. The molecule has 1 aromatic rings. The van der Waals surface area contributed by atoms with Crippen LogP contribution >= 0.6 is 0 Å². The highest BCUT2D eigenvalue weighted by molar-refractivity contribution is 5.91. The molecule has 0 bridgehead atoms. The normalized spacial score (nSPS) is 9.42. The van der Waals surface area contributed by atoms with Crippen molar-refractivity contribution in [3.05, 3.63) is 34.9 Å². The van der Waals surface area contributed by atoms with Crippen molar-refractivity contribution in [2.75, 3.05) is 0 Å². The molecule has 3 heteroatoms. The molecule has 0 saturated heterocycles. The number of hydrogen-bond acceptors (Lipinski definition) is 3. The van der Waals surface area contributed by atoms with Gasteiger partial charge in [-0.1, -0.05) is 18.2 Å². The Kier molecular flexibility index (Phi) is 2.71. The zero-order valence-electron chi connectivity index (χ0n) is 6.36. The average Bonchev–Trinajstić information content (AvgIpc) is 2.16. The number of aldehydes is 2. The van der Waals surface area contributed by atoms with Crippen molar-refractivity contribution in [3.8, 4) is 0 Å². The first-order valence-corrected chi connectivity index (χ1v) is 3.46. The van der Waals surface area contributed by atoms with Crippen molar-refractivity contribution in [1.29, 1.82) is 0 Å². The first-order chi connectivity index (χ1) is 5.83. The summed E-state index contributed by atoms with van der Waals surface area (Å²) in [6.07, 6.45) is 1.18. The molecular weight excluding hydrogens is 156 g/mol. The minimum atomic E-state index is -0.226. The second-order valence-electron chi connectivity index (χ2n) is 2.31. The summed E-state index contributed by atoms with van der Waals surface area (Å²) in [6.45, 7) is -0.226. The summed E-state index contributed by atoms with van der Waals surface area (Å²) >= 11 is 0. The van der Waals surface area contributed by atoms with E-state index in [0.717, 1.165) is 0 Å². The van der Waals surface area contributed by atoms with E-state index in [1.165, 1.54) is 6.07 Å². The second kappa shape index (κ2) is 3.78. The van der Waals surface area contributed by atoms with Crippen LogP contribution in [0.5, 0.6) is 0 Å². The summed E-state index contributed by atoms with van der Waals surface area (Å²) in [5, 5.41) is 8.79. The molecule has 12 heavy (non-hydrogen) atoms. The van der Waals surface area contributed by atoms with Gasteiger partial charge in [-0.25, -0.2) is 0 Å². The smallest absolute Gasteiger partial charge is 0.151 e. The molecule has 1 aromatic carbocycles. The zero-order valence-corrected chi connectivity index (χ0v) is 6.36. The van der Waals surface area contributed by atoms with E-state index in [1.54, 1.807) is 12.1 Å². The molecule has 0 atom stereocenters. The molecule has 0 amide bonds. The number of hydrogen-bond donors (Lipinski definition) is 1. The number of benzene rings is 1. The Morgan fingerprint density at radius 2 is 2.00 bits per heavy atom. The van der Waals surface area contributed by atoms with Crippen LogP contribution in [0.25, 0.3) is 0 Å². The van der Waals surface area contributed by atoms with Crippen molar-refractivity contribution >= 4 is 12.6 Å². The zero-order chi connectivity index (χ0) is 8.97. The average molecular weight is 164 g/mol. The fourth-order valence-electron chi connectivity index (χ4n) is 1.02. The largest absolute Gasteiger partial charge is 0.392 e. The van der Waals surface area contributed by atoms with Crippen LogP contribution in [0.3, 0.4) is 0 Å². The molecule has 1 rings (SSSR count). The van der Waals surface area contributed by atoms with Crippen molar-refractivity contribution in [2.45, 2.75) is 6.61 Å². The maximum Gasteiger partial charge on any atom is 0.151 e. The summed E-state index contributed by atoms with van der Waals surface area (Å²) < 4.78 is 0. The first-order valence-electron chi connectivity index (χ1n) is 3.46. The van der Waals surface area contributed by atoms with E-state index >= 15 is 0 Å². The van der Waals surface area contributed by atoms with Gasteiger partial charge in [-0.15, -0.1) is 0 Å². The van der Waals surface area contributed by atoms with Gasteiger partial charge in [0.15, 0.2) is 12.6 Å². The third kappa shape index (κ3) is 1.40. The summed E-state index contributed by atoms with van der Waals surface area (Å²) in [7, 11) is 0. The fraction of sp³-hybridized carbons (Fsp3) is 0.111. The van der Waals surface area contributed by atoms with Gasteiger partial charge in [0, 0.05) is 11.1 Å². The van der Waals surface area contributed by atoms with Gasteiger partial charge < -0.3 is 5.11 Å². The van der Waals surface area contributed by atoms with E-state index < -0.39 is 0 Å². The quantitative estimate of drug-likeness (QED) is 0.672. The predicted molar refractivity (Wildman–Crippen MR) is 43.1 cm³/mol. The fourth-order valence-corrected chi connectivity index (χ4v) is 1.02. The van der Waals surface area contributed by atoms with Gasteiger partial charge in [-0.2, -0.15) is 0 Å². The number of aliphatic hydroxyl groups is 1. The topological polar surface area (TPSA) is 54.4 Å². The minimum Gasteiger partial charge on any atom is -0.392 e. The molecule has 0 saturated carbocycles. The summed E-state index contributed by atoms with van der Waals surface area (Å²) in [5.74, 6) is 0. The predicted octanol–water partition coefficient (Wildman–Crippen LogP) is 0.804. The van der Waals surface area contributed by atoms with Crippen LogP contribution < -0.4 is 0 Å². The van der Waals surface area contributed by atoms with Crippen LogP contribution in [0.4, 0.5) is 0 Å². The van der Waals surface area contributed by atoms with Crippen LogP contribution in [-0.2, 0) is 6.61 Å². The third-order valence-corrected chi connectivity index (χ3v) is 1.65. The lowest BCUT2D eigenvalue weighted by Crippen LogP contribution is -1.97. The lowest BCUT2D eigenvalue weighted by atomic mass is 10.0. The summed E-state index contributed by atoms with van der Waals surface area (Å²) in [4.78, 5) is 20.9. The van der Waals surface area contributed by atoms with Gasteiger partial charge in [0.25, 0.3) is 0 Å². The Bertz CT molecular complexity index is 305. The highest BCUT2D eigenvalue weighted by Crippen LogP contribution is 2.10. The lowest BCUT2D eigenvalue weighted by molar-refractivity contribution is 0.109. The van der Waals surface area contributed by atoms with Crippen molar-refractivity contribution in [1.82, 2.24) is 0 Å². The van der Waals surface area contributed by atoms with E-state index in [0.29, 0.717) is 23.7 Å². The molecule has 1 N–H and O–H groups in total. The molecule has 0 heterocycles. The van der Waals surface area contributed by atoms with Gasteiger partial charge in [-0.3, -0.25) is 9.59 Å². The number of aliphatic hydroxyl groups excluding tert-OH is 1. The van der Waals surface area contributed by atoms with Crippen molar-refractivity contribution in [2.24, 2.45) is 0 Å². The van der Waals surface area contributed by atoms with Gasteiger partial charge in [0.2, 0.25) is 0 Å². The SMILES string of the molecule is O=Cc1cccc(CO)c1C=O. The summed E-state index contributed by atoms with van der Waals surface area (Å²) in [5.41, 5.74) is 1.07. The molecule has 0 unspecified atom stereocenters. The van der Waals surface area contributed by atoms with E-state index in [1.807, 2.05) is 0 Å². The third-order valence-electron chi connectivity index (χ3n) is 1.65. The minimum absolute atomic E-state index is 0.226. The van der Waals surface area contributed by atoms with Gasteiger partial charge in [0.05, 0.1) is 6.61 Å². The molecule has 3 nitrogen and oxygen atoms in total. The first kappa shape index (κ1) is 8.62. The number of carbonyl (C=O) groups excluding carboxylic acids is 2. The van der Waals surface area contributed by atoms with Gasteiger partial charge in [-0.05, 0) is 5.56 Å². The maximum absolute atomic E-state index is 10.5. The highest BCUT2D eigenvalue weighted by Gasteiger charge is 2.04. The molecule has 0 aliphatic rings. The maximum atomic E-state index is 10.5. The van der Waals surface area contributed by atoms with Gasteiger partial charge in [0.1, 0.15) is 0 Å². The van der Waals surface area contributed by atoms with E-state index in [4.69, 9.17) is 5.11 Å². The van der Waals surface area contributed by atoms with E-state index in [9.17, 15) is 9.59 Å². The van der Waals surface area contributed by atoms with Gasteiger partial charge >= 0.3 is 0 Å². The Balaban J connectivity index is 3.31. The molecule has 0 aromatic heterocycles. The monoisotopic (exact) mass is 164 g/mol. The van der Waals surface area contributed by atoms with Crippen LogP contribution in [0.15, 0.2) is 18.2 Å². The van der Waals surface area contributed by atoms with E-state index in [2.05, 4.69) is 0 Å². The van der Waals surface area contributed by atoms with Crippen LogP contribution in [0.2, 0.25) is 0 Å². The molecule has 0 spiro atoms. The molecule has 0 fully saturated rings. The summed E-state index contributed by atoms with van der Waals surface area (Å²) in [6, 6.07) is 4.77. The lowest BCUT2D eigenvalue weighted by Gasteiger charge is -2.01. The Hall–Kier alpha value is -1.48. The molecule has 0 aliphatic heterocycles. The highest BCUT2D eigenvalue weighted by atomic mass is 16.3. The van der Waals surface area contributed by atoms with Crippen LogP contribution in [-0.4, -0.2) is 17.7 Å². The van der Waals surface area contributed by atoms with Crippen molar-refractivity contribution < 1.29 is 14.7 Å². The molecule has 62 valence electrons. The van der Waals surface area contributed by atoms with E-state index in [-0.39, 0.29) is 12.2 Å². The second-order valence-corrected chi connectivity index (χ2v) is 2.31. The molecular formula is C9H8O3. The standard InChI is InChI=1S/C9H8O3/c10-4-7-2-1-3-8(5-11)9(7)6-12/h1-4,6,11H,5H2. The number of rotatable bonds is 3. The van der Waals surface area contributed by atoms with Crippen molar-refractivity contribution in [3.63, 3.8) is 0 Å². The van der Waals surface area contributed by atoms with Crippen LogP contribution in [0, 0.1) is 0 Å². The van der Waals surface area contributed by atoms with Crippen LogP contribution in [0.1, 0.15) is 26.3 Å². The Morgan fingerprint density at radius 1 is 1.25 bits per heavy atom. The molecule has 0 radical (unpaired) electrons. The Labute approximate surface area is 69.6 Å². The Morgan fingerprint density at radius 3 is 2.50 bits per heavy atom.